The molecule has 104 valence electrons. The third kappa shape index (κ3) is 2.47. The van der Waals surface area contributed by atoms with Gasteiger partial charge in [-0.25, -0.2) is 4.98 Å². The van der Waals surface area contributed by atoms with Gasteiger partial charge in [-0.2, -0.15) is 0 Å². The van der Waals surface area contributed by atoms with E-state index in [4.69, 9.17) is 9.47 Å². The molecule has 1 aromatic carbocycles. The highest BCUT2D eigenvalue weighted by molar-refractivity contribution is 5.52. The van der Waals surface area contributed by atoms with Crippen LogP contribution in [-0.4, -0.2) is 25.9 Å². The van der Waals surface area contributed by atoms with Crippen LogP contribution in [0.15, 0.2) is 36.5 Å². The first-order valence-electron chi connectivity index (χ1n) is 6.49. The lowest BCUT2D eigenvalue weighted by atomic mass is 10.2. The average molecular weight is 271 g/mol. The van der Waals surface area contributed by atoms with E-state index in [9.17, 15) is 0 Å². The van der Waals surface area contributed by atoms with E-state index in [0.717, 1.165) is 28.6 Å². The summed E-state index contributed by atoms with van der Waals surface area (Å²) < 4.78 is 10.8. The molecule has 1 aliphatic rings. The minimum atomic E-state index is 0.297. The van der Waals surface area contributed by atoms with E-state index in [-0.39, 0.29) is 0 Å². The molecule has 1 aromatic heterocycles. The van der Waals surface area contributed by atoms with E-state index >= 15 is 0 Å². The predicted octanol–water partition coefficient (Wildman–Crippen LogP) is 2.49. The molecule has 2 heterocycles. The van der Waals surface area contributed by atoms with Crippen molar-refractivity contribution in [1.29, 1.82) is 0 Å². The third-order valence-electron chi connectivity index (χ3n) is 3.17. The molecule has 0 saturated heterocycles. The topological polar surface area (TPSA) is 46.6 Å². The lowest BCUT2D eigenvalue weighted by Crippen LogP contribution is -2.10. The first kappa shape index (κ1) is 12.6. The fraction of sp³-hybridized carbons (Fsp3) is 0.267. The van der Waals surface area contributed by atoms with Crippen molar-refractivity contribution in [3.8, 4) is 11.5 Å². The predicted molar refractivity (Wildman–Crippen MR) is 78.5 cm³/mol. The summed E-state index contributed by atoms with van der Waals surface area (Å²) in [4.78, 5) is 6.34. The molecule has 0 unspecified atom stereocenters. The Morgan fingerprint density at radius 1 is 1.20 bits per heavy atom. The van der Waals surface area contributed by atoms with Gasteiger partial charge in [0.1, 0.15) is 5.82 Å². The lowest BCUT2D eigenvalue weighted by Gasteiger charge is -2.12. The Hall–Kier alpha value is -2.43. The van der Waals surface area contributed by atoms with Gasteiger partial charge < -0.3 is 19.7 Å². The molecule has 0 fully saturated rings. The summed E-state index contributed by atoms with van der Waals surface area (Å²) in [6.07, 6.45) is 1.83. The number of nitrogens with zero attached hydrogens (tertiary/aromatic N) is 2. The van der Waals surface area contributed by atoms with Crippen LogP contribution in [0.4, 0.5) is 11.5 Å². The summed E-state index contributed by atoms with van der Waals surface area (Å²) in [5, 5.41) is 3.34. The van der Waals surface area contributed by atoms with E-state index in [1.807, 2.05) is 55.5 Å². The smallest absolute Gasteiger partial charge is 0.231 e. The van der Waals surface area contributed by atoms with Gasteiger partial charge in [0, 0.05) is 26.2 Å². The Morgan fingerprint density at radius 3 is 2.85 bits per heavy atom. The van der Waals surface area contributed by atoms with Gasteiger partial charge in [0.2, 0.25) is 6.79 Å². The SMILES string of the molecule is CN(C)c1ccc(NCc2cccc3c2OCO3)cn1. The molecule has 1 aliphatic heterocycles. The van der Waals surface area contributed by atoms with Crippen LogP contribution in [-0.2, 0) is 6.54 Å². The minimum absolute atomic E-state index is 0.297. The van der Waals surface area contributed by atoms with Crippen LogP contribution >= 0.6 is 0 Å². The van der Waals surface area contributed by atoms with Crippen LogP contribution in [0, 0.1) is 0 Å². The minimum Gasteiger partial charge on any atom is -0.454 e. The Labute approximate surface area is 118 Å². The van der Waals surface area contributed by atoms with Gasteiger partial charge in [-0.1, -0.05) is 12.1 Å². The van der Waals surface area contributed by atoms with E-state index in [1.54, 1.807) is 0 Å². The molecule has 0 radical (unpaired) electrons. The fourth-order valence-electron chi connectivity index (χ4n) is 2.08. The molecule has 0 bridgehead atoms. The highest BCUT2D eigenvalue weighted by Crippen LogP contribution is 2.35. The largest absolute Gasteiger partial charge is 0.454 e. The zero-order valence-corrected chi connectivity index (χ0v) is 11.6. The number of rotatable bonds is 4. The number of hydrogen-bond acceptors (Lipinski definition) is 5. The summed E-state index contributed by atoms with van der Waals surface area (Å²) in [6.45, 7) is 0.973. The van der Waals surface area contributed by atoms with Crippen molar-refractivity contribution in [3.05, 3.63) is 42.1 Å². The average Bonchev–Trinajstić information content (AvgIpc) is 2.94. The maximum Gasteiger partial charge on any atom is 0.231 e. The molecule has 20 heavy (non-hydrogen) atoms. The molecule has 5 heteroatoms. The van der Waals surface area contributed by atoms with Crippen molar-refractivity contribution < 1.29 is 9.47 Å². The summed E-state index contributed by atoms with van der Waals surface area (Å²) in [6, 6.07) is 9.92. The van der Waals surface area contributed by atoms with E-state index in [0.29, 0.717) is 13.3 Å². The van der Waals surface area contributed by atoms with Gasteiger partial charge in [-0.05, 0) is 18.2 Å². The van der Waals surface area contributed by atoms with Crippen molar-refractivity contribution in [2.75, 3.05) is 31.1 Å². The molecule has 0 spiro atoms. The van der Waals surface area contributed by atoms with Crippen LogP contribution in [0.2, 0.25) is 0 Å². The van der Waals surface area contributed by atoms with Crippen LogP contribution in [0.1, 0.15) is 5.56 Å². The molecule has 2 aromatic rings. The van der Waals surface area contributed by atoms with Crippen LogP contribution in [0.5, 0.6) is 11.5 Å². The maximum atomic E-state index is 5.48. The second kappa shape index (κ2) is 5.28. The number of nitrogens with one attached hydrogen (secondary N) is 1. The zero-order valence-electron chi connectivity index (χ0n) is 11.6. The normalized spacial score (nSPS) is 12.3. The molecule has 5 nitrogen and oxygen atoms in total. The number of pyridine rings is 1. The molecular weight excluding hydrogens is 254 g/mol. The number of para-hydroxylation sites is 1. The highest BCUT2D eigenvalue weighted by atomic mass is 16.7. The monoisotopic (exact) mass is 271 g/mol. The second-order valence-corrected chi connectivity index (χ2v) is 4.80. The van der Waals surface area contributed by atoms with Crippen LogP contribution in [0.25, 0.3) is 0 Å². The molecule has 0 atom stereocenters. The molecule has 1 N–H and O–H groups in total. The second-order valence-electron chi connectivity index (χ2n) is 4.80. The Bertz CT molecular complexity index is 597. The Kier molecular flexibility index (Phi) is 3.33. The Morgan fingerprint density at radius 2 is 2.10 bits per heavy atom. The van der Waals surface area contributed by atoms with Crippen molar-refractivity contribution in [1.82, 2.24) is 4.98 Å². The quantitative estimate of drug-likeness (QED) is 0.925. The van der Waals surface area contributed by atoms with Gasteiger partial charge in [0.05, 0.1) is 11.9 Å². The van der Waals surface area contributed by atoms with E-state index < -0.39 is 0 Å². The summed E-state index contributed by atoms with van der Waals surface area (Å²) in [5.74, 6) is 2.58. The molecule has 0 saturated carbocycles. The number of benzene rings is 1. The van der Waals surface area contributed by atoms with Gasteiger partial charge in [0.25, 0.3) is 0 Å². The van der Waals surface area contributed by atoms with Crippen molar-refractivity contribution >= 4 is 11.5 Å². The Balaban J connectivity index is 1.69. The molecule has 0 amide bonds. The number of fused-ring (bicyclic) bond motifs is 1. The number of anilines is 2. The van der Waals surface area contributed by atoms with Crippen molar-refractivity contribution in [2.45, 2.75) is 6.54 Å². The van der Waals surface area contributed by atoms with Gasteiger partial charge >= 0.3 is 0 Å². The van der Waals surface area contributed by atoms with E-state index in [1.165, 1.54) is 0 Å². The number of aromatic nitrogens is 1. The van der Waals surface area contributed by atoms with Crippen molar-refractivity contribution in [3.63, 3.8) is 0 Å². The van der Waals surface area contributed by atoms with Crippen LogP contribution < -0.4 is 19.7 Å². The van der Waals surface area contributed by atoms with E-state index in [2.05, 4.69) is 10.3 Å². The summed E-state index contributed by atoms with van der Waals surface area (Å²) in [7, 11) is 3.94. The van der Waals surface area contributed by atoms with Gasteiger partial charge in [-0.15, -0.1) is 0 Å². The van der Waals surface area contributed by atoms with Gasteiger partial charge in [0.15, 0.2) is 11.5 Å². The summed E-state index contributed by atoms with van der Waals surface area (Å²) >= 11 is 0. The first-order valence-corrected chi connectivity index (χ1v) is 6.49. The first-order chi connectivity index (χ1) is 9.74. The zero-order chi connectivity index (χ0) is 13.9. The molecule has 0 aliphatic carbocycles. The molecular formula is C15H17N3O2. The summed E-state index contributed by atoms with van der Waals surface area (Å²) in [5.41, 5.74) is 2.06. The van der Waals surface area contributed by atoms with Crippen molar-refractivity contribution in [2.24, 2.45) is 0 Å². The lowest BCUT2D eigenvalue weighted by molar-refractivity contribution is 0.173. The maximum absolute atomic E-state index is 5.48. The third-order valence-corrected chi connectivity index (χ3v) is 3.17. The van der Waals surface area contributed by atoms with Gasteiger partial charge in [-0.3, -0.25) is 0 Å². The number of ether oxygens (including phenoxy) is 2. The van der Waals surface area contributed by atoms with Crippen LogP contribution in [0.3, 0.4) is 0 Å². The standard InChI is InChI=1S/C15H17N3O2/c1-18(2)14-7-6-12(9-17-14)16-8-11-4-3-5-13-15(11)20-10-19-13/h3-7,9,16H,8,10H2,1-2H3. The molecule has 3 rings (SSSR count). The highest BCUT2D eigenvalue weighted by Gasteiger charge is 2.16. The fourth-order valence-corrected chi connectivity index (χ4v) is 2.08. The number of hydrogen-bond donors (Lipinski definition) is 1.